The molecule has 0 atom stereocenters. The Balaban J connectivity index is 1.85. The van der Waals surface area contributed by atoms with Crippen molar-refractivity contribution in [2.75, 3.05) is 19.5 Å². The lowest BCUT2D eigenvalue weighted by Gasteiger charge is -2.27. The van der Waals surface area contributed by atoms with E-state index in [0.29, 0.717) is 23.2 Å². The molecule has 150 valence electrons. The highest BCUT2D eigenvalue weighted by Crippen LogP contribution is 2.27. The molecule has 0 unspecified atom stereocenters. The van der Waals surface area contributed by atoms with Crippen LogP contribution in [0.1, 0.15) is 11.1 Å². The fraction of sp³-hybridized carbons (Fsp3) is 0.174. The molecule has 3 aromatic carbocycles. The van der Waals surface area contributed by atoms with Crippen LogP contribution in [0.2, 0.25) is 5.02 Å². The first kappa shape index (κ1) is 21.0. The monoisotopic (exact) mass is 426 g/mol. The molecular formula is C23H23ClN2O2S. The average Bonchev–Trinajstić information content (AvgIpc) is 2.74. The van der Waals surface area contributed by atoms with E-state index >= 15 is 0 Å². The second-order valence-corrected chi connectivity index (χ2v) is 7.28. The lowest BCUT2D eigenvalue weighted by atomic mass is 10.1. The van der Waals surface area contributed by atoms with Gasteiger partial charge in [0, 0.05) is 35.4 Å². The predicted molar refractivity (Wildman–Crippen MR) is 123 cm³/mol. The van der Waals surface area contributed by atoms with Crippen molar-refractivity contribution < 1.29 is 9.47 Å². The molecule has 0 spiro atoms. The molecule has 3 rings (SSSR count). The van der Waals surface area contributed by atoms with Crippen molar-refractivity contribution in [2.45, 2.75) is 13.1 Å². The molecule has 1 N–H and O–H groups in total. The Morgan fingerprint density at radius 2 is 1.72 bits per heavy atom. The summed E-state index contributed by atoms with van der Waals surface area (Å²) >= 11 is 11.8. The lowest BCUT2D eigenvalue weighted by Crippen LogP contribution is -2.34. The third kappa shape index (κ3) is 5.86. The first-order valence-corrected chi connectivity index (χ1v) is 9.94. The zero-order chi connectivity index (χ0) is 20.6. The summed E-state index contributed by atoms with van der Waals surface area (Å²) in [5, 5.41) is 4.55. The highest BCUT2D eigenvalue weighted by atomic mass is 35.5. The van der Waals surface area contributed by atoms with Crippen LogP contribution in [0.3, 0.4) is 0 Å². The van der Waals surface area contributed by atoms with Crippen LogP contribution in [0, 0.1) is 0 Å². The molecule has 29 heavy (non-hydrogen) atoms. The second-order valence-electron chi connectivity index (χ2n) is 6.46. The number of thiocarbonyl (C=S) groups is 1. The van der Waals surface area contributed by atoms with E-state index in [2.05, 4.69) is 22.3 Å². The van der Waals surface area contributed by atoms with Gasteiger partial charge in [0.1, 0.15) is 11.5 Å². The largest absolute Gasteiger partial charge is 0.497 e. The van der Waals surface area contributed by atoms with Crippen LogP contribution in [0.25, 0.3) is 0 Å². The Hall–Kier alpha value is -2.76. The molecule has 0 fully saturated rings. The molecule has 0 radical (unpaired) electrons. The number of anilines is 1. The fourth-order valence-corrected chi connectivity index (χ4v) is 3.40. The van der Waals surface area contributed by atoms with Gasteiger partial charge in [-0.15, -0.1) is 0 Å². The smallest absolute Gasteiger partial charge is 0.174 e. The quantitative estimate of drug-likeness (QED) is 0.486. The molecule has 0 aliphatic heterocycles. The van der Waals surface area contributed by atoms with E-state index in [9.17, 15) is 0 Å². The number of halogens is 1. The van der Waals surface area contributed by atoms with Gasteiger partial charge in [0.25, 0.3) is 0 Å². The Labute approximate surface area is 182 Å². The molecule has 0 heterocycles. The predicted octanol–water partition coefficient (Wildman–Crippen LogP) is 5.76. The van der Waals surface area contributed by atoms with Crippen molar-refractivity contribution in [2.24, 2.45) is 0 Å². The molecule has 0 aliphatic rings. The number of methoxy groups -OCH3 is 2. The fourth-order valence-electron chi connectivity index (χ4n) is 2.96. The Kier molecular flexibility index (Phi) is 7.33. The third-order valence-corrected chi connectivity index (χ3v) is 5.03. The molecule has 3 aromatic rings. The van der Waals surface area contributed by atoms with E-state index in [1.165, 1.54) is 0 Å². The van der Waals surface area contributed by atoms with Gasteiger partial charge < -0.3 is 19.7 Å². The van der Waals surface area contributed by atoms with E-state index < -0.39 is 0 Å². The molecule has 4 nitrogen and oxygen atoms in total. The summed E-state index contributed by atoms with van der Waals surface area (Å²) in [4.78, 5) is 2.09. The normalized spacial score (nSPS) is 10.3. The lowest BCUT2D eigenvalue weighted by molar-refractivity contribution is 0.370. The van der Waals surface area contributed by atoms with Crippen LogP contribution in [0.5, 0.6) is 11.5 Å². The summed E-state index contributed by atoms with van der Waals surface area (Å²) < 4.78 is 10.9. The van der Waals surface area contributed by atoms with Gasteiger partial charge in [0.2, 0.25) is 0 Å². The Morgan fingerprint density at radius 1 is 0.931 bits per heavy atom. The summed E-state index contributed by atoms with van der Waals surface area (Å²) in [6, 6.07) is 23.5. The van der Waals surface area contributed by atoms with Gasteiger partial charge >= 0.3 is 0 Å². The number of nitrogens with one attached hydrogen (secondary N) is 1. The van der Waals surface area contributed by atoms with Crippen LogP contribution in [-0.4, -0.2) is 24.2 Å². The summed E-state index contributed by atoms with van der Waals surface area (Å²) in [6.07, 6.45) is 0. The summed E-state index contributed by atoms with van der Waals surface area (Å²) in [6.45, 7) is 1.23. The molecular weight excluding hydrogens is 404 g/mol. The second kappa shape index (κ2) is 10.1. The molecule has 0 saturated carbocycles. The van der Waals surface area contributed by atoms with Gasteiger partial charge in [-0.3, -0.25) is 0 Å². The van der Waals surface area contributed by atoms with Gasteiger partial charge in [-0.25, -0.2) is 0 Å². The van der Waals surface area contributed by atoms with Gasteiger partial charge in [0.15, 0.2) is 5.11 Å². The summed E-state index contributed by atoms with van der Waals surface area (Å²) in [5.41, 5.74) is 3.02. The van der Waals surface area contributed by atoms with Gasteiger partial charge in [-0.1, -0.05) is 48.0 Å². The third-order valence-electron chi connectivity index (χ3n) is 4.43. The minimum atomic E-state index is 0.578. The van der Waals surface area contributed by atoms with Gasteiger partial charge in [0.05, 0.1) is 14.2 Å². The van der Waals surface area contributed by atoms with Crippen molar-refractivity contribution in [1.29, 1.82) is 0 Å². The maximum absolute atomic E-state index is 6.11. The van der Waals surface area contributed by atoms with E-state index in [1.54, 1.807) is 14.2 Å². The number of rotatable bonds is 7. The first-order chi connectivity index (χ1) is 14.1. The van der Waals surface area contributed by atoms with Crippen LogP contribution >= 0.6 is 23.8 Å². The number of hydrogen-bond donors (Lipinski definition) is 1. The topological polar surface area (TPSA) is 33.7 Å². The Bertz CT molecular complexity index is 966. The SMILES string of the molecule is COc1ccc(CN(Cc2ccccc2)C(=S)Nc2cccc(Cl)c2)c(OC)c1. The van der Waals surface area contributed by atoms with E-state index in [1.807, 2.05) is 60.7 Å². The van der Waals surface area contributed by atoms with Crippen molar-refractivity contribution in [3.05, 3.63) is 88.9 Å². The van der Waals surface area contributed by atoms with Crippen molar-refractivity contribution in [3.8, 4) is 11.5 Å². The minimum Gasteiger partial charge on any atom is -0.497 e. The van der Waals surface area contributed by atoms with Crippen molar-refractivity contribution in [3.63, 3.8) is 0 Å². The van der Waals surface area contributed by atoms with Crippen LogP contribution in [0.15, 0.2) is 72.8 Å². The van der Waals surface area contributed by atoms with Crippen LogP contribution in [0.4, 0.5) is 5.69 Å². The molecule has 0 aromatic heterocycles. The Morgan fingerprint density at radius 3 is 2.41 bits per heavy atom. The number of benzene rings is 3. The van der Waals surface area contributed by atoms with Crippen LogP contribution in [-0.2, 0) is 13.1 Å². The molecule has 0 saturated heterocycles. The van der Waals surface area contributed by atoms with Gasteiger partial charge in [-0.05, 0) is 48.1 Å². The van der Waals surface area contributed by atoms with E-state index in [-0.39, 0.29) is 0 Å². The first-order valence-electron chi connectivity index (χ1n) is 9.15. The minimum absolute atomic E-state index is 0.578. The van der Waals surface area contributed by atoms with E-state index in [0.717, 1.165) is 28.3 Å². The zero-order valence-corrected chi connectivity index (χ0v) is 18.0. The van der Waals surface area contributed by atoms with Crippen molar-refractivity contribution >= 4 is 34.6 Å². The number of ether oxygens (including phenoxy) is 2. The average molecular weight is 427 g/mol. The molecule has 0 aliphatic carbocycles. The number of nitrogens with zero attached hydrogens (tertiary/aromatic N) is 1. The summed E-state index contributed by atoms with van der Waals surface area (Å²) in [7, 11) is 3.29. The maximum atomic E-state index is 6.11. The molecule has 0 amide bonds. The van der Waals surface area contributed by atoms with Gasteiger partial charge in [-0.2, -0.15) is 0 Å². The number of hydrogen-bond acceptors (Lipinski definition) is 3. The maximum Gasteiger partial charge on any atom is 0.174 e. The molecule has 0 bridgehead atoms. The highest BCUT2D eigenvalue weighted by molar-refractivity contribution is 7.80. The summed E-state index contributed by atoms with van der Waals surface area (Å²) in [5.74, 6) is 1.51. The standard InChI is InChI=1S/C23H23ClN2O2S/c1-27-21-12-11-18(22(14-21)28-2)16-26(15-17-7-4-3-5-8-17)23(29)25-20-10-6-9-19(24)13-20/h3-14H,15-16H2,1-2H3,(H,25,29). The molecule has 6 heteroatoms. The van der Waals surface area contributed by atoms with Crippen molar-refractivity contribution in [1.82, 2.24) is 4.90 Å². The highest BCUT2D eigenvalue weighted by Gasteiger charge is 2.15. The van der Waals surface area contributed by atoms with Crippen LogP contribution < -0.4 is 14.8 Å². The van der Waals surface area contributed by atoms with E-state index in [4.69, 9.17) is 33.3 Å². The zero-order valence-electron chi connectivity index (χ0n) is 16.4.